The fourth-order valence-electron chi connectivity index (χ4n) is 2.19. The summed E-state index contributed by atoms with van der Waals surface area (Å²) >= 11 is 5.64. The Morgan fingerprint density at radius 3 is 2.19 bits per heavy atom. The summed E-state index contributed by atoms with van der Waals surface area (Å²) in [6, 6.07) is 3.28. The van der Waals surface area contributed by atoms with Crippen LogP contribution in [0.2, 0.25) is 5.15 Å². The van der Waals surface area contributed by atoms with Crippen LogP contribution in [0, 0.1) is 0 Å². The van der Waals surface area contributed by atoms with Crippen LogP contribution in [-0.4, -0.2) is 55.0 Å². The fourth-order valence-corrected chi connectivity index (χ4v) is 2.33. The number of nitrogens with one attached hydrogen (secondary N) is 1. The van der Waals surface area contributed by atoms with Crippen molar-refractivity contribution in [3.8, 4) is 0 Å². The molecule has 0 fully saturated rings. The number of alkyl halides is 1. The third-order valence-electron chi connectivity index (χ3n) is 3.41. The van der Waals surface area contributed by atoms with Gasteiger partial charge in [0.05, 0.1) is 23.5 Å². The van der Waals surface area contributed by atoms with Crippen molar-refractivity contribution in [3.63, 3.8) is 0 Å². The number of hydrogen-bond donors (Lipinski definition) is 1. The Balaban J connectivity index is 0.000000159. The molecule has 4 aromatic rings. The van der Waals surface area contributed by atoms with Crippen molar-refractivity contribution >= 4 is 41.3 Å². The van der Waals surface area contributed by atoms with E-state index < -0.39 is 6.67 Å². The molecule has 4 heterocycles. The second-order valence-corrected chi connectivity index (χ2v) is 5.54. The largest absolute Gasteiger partial charge is 0.367 e. The average molecular weight is 390 g/mol. The van der Waals surface area contributed by atoms with Gasteiger partial charge in [0.15, 0.2) is 23.9 Å². The van der Waals surface area contributed by atoms with E-state index in [1.54, 1.807) is 24.5 Å². The van der Waals surface area contributed by atoms with E-state index in [-0.39, 0.29) is 6.54 Å². The number of anilines is 1. The topological polar surface area (TPSA) is 107 Å². The Morgan fingerprint density at radius 2 is 1.59 bits per heavy atom. The van der Waals surface area contributed by atoms with Gasteiger partial charge in [0.1, 0.15) is 17.6 Å². The molecule has 0 aliphatic carbocycles. The predicted molar refractivity (Wildman–Crippen MR) is 96.2 cm³/mol. The predicted octanol–water partition coefficient (Wildman–Crippen LogP) is 2.12. The summed E-state index contributed by atoms with van der Waals surface area (Å²) in [5, 5.41) is 11.0. The highest BCUT2D eigenvalue weighted by Crippen LogP contribution is 2.10. The van der Waals surface area contributed by atoms with Crippen LogP contribution in [0.15, 0.2) is 36.9 Å². The Bertz CT molecular complexity index is 1090. The van der Waals surface area contributed by atoms with Gasteiger partial charge in [-0.05, 0) is 12.1 Å². The monoisotopic (exact) mass is 389 g/mol. The average Bonchev–Trinajstić information content (AvgIpc) is 3.29. The first-order chi connectivity index (χ1) is 13.2. The molecule has 0 amide bonds. The highest BCUT2D eigenvalue weighted by molar-refractivity contribution is 6.29. The SMILES string of the molecule is O=Cc1cnn2ccc(Cl)nc12.O=Cc1cnn2ccc(NCCF)nc12. The number of fused-ring (bicyclic) bond motifs is 2. The third kappa shape index (κ3) is 4.06. The van der Waals surface area contributed by atoms with Gasteiger partial charge in [-0.3, -0.25) is 9.59 Å². The molecule has 9 nitrogen and oxygen atoms in total. The summed E-state index contributed by atoms with van der Waals surface area (Å²) in [6.45, 7) is -0.263. The highest BCUT2D eigenvalue weighted by atomic mass is 35.5. The zero-order chi connectivity index (χ0) is 19.2. The molecule has 138 valence electrons. The molecule has 0 atom stereocenters. The van der Waals surface area contributed by atoms with Gasteiger partial charge < -0.3 is 5.32 Å². The number of carbonyl (C=O) groups excluding carboxylic acids is 2. The van der Waals surface area contributed by atoms with E-state index in [2.05, 4.69) is 25.5 Å². The molecule has 0 saturated heterocycles. The lowest BCUT2D eigenvalue weighted by atomic mass is 10.4. The molecule has 1 N–H and O–H groups in total. The standard InChI is InChI=1S/C9H9FN4O.C7H4ClN3O/c10-2-3-11-8-1-4-14-9(13-8)7(6-15)5-12-14;8-6-1-2-11-7(10-6)5(4-12)3-9-11/h1,4-6H,2-3H2,(H,11,13);1-4H. The summed E-state index contributed by atoms with van der Waals surface area (Å²) in [5.41, 5.74) is 1.81. The van der Waals surface area contributed by atoms with Crippen LogP contribution in [0.5, 0.6) is 0 Å². The van der Waals surface area contributed by atoms with E-state index in [1.165, 1.54) is 21.4 Å². The van der Waals surface area contributed by atoms with Crippen LogP contribution in [0.1, 0.15) is 20.7 Å². The van der Waals surface area contributed by atoms with Gasteiger partial charge in [-0.25, -0.2) is 23.4 Å². The van der Waals surface area contributed by atoms with Crippen molar-refractivity contribution in [2.24, 2.45) is 0 Å². The summed E-state index contributed by atoms with van der Waals surface area (Å²) in [7, 11) is 0. The van der Waals surface area contributed by atoms with E-state index in [9.17, 15) is 14.0 Å². The van der Waals surface area contributed by atoms with Gasteiger partial charge in [0.25, 0.3) is 0 Å². The molecule has 4 rings (SSSR count). The molecule has 0 aromatic carbocycles. The van der Waals surface area contributed by atoms with Crippen molar-refractivity contribution in [1.29, 1.82) is 0 Å². The minimum Gasteiger partial charge on any atom is -0.367 e. The number of halogens is 2. The Hall–Kier alpha value is -3.40. The minimum absolute atomic E-state index is 0.202. The number of carbonyl (C=O) groups is 2. The molecule has 0 spiro atoms. The number of nitrogens with zero attached hydrogens (tertiary/aromatic N) is 6. The lowest BCUT2D eigenvalue weighted by Crippen LogP contribution is -2.05. The summed E-state index contributed by atoms with van der Waals surface area (Å²) in [6.07, 6.45) is 7.59. The molecule has 27 heavy (non-hydrogen) atoms. The summed E-state index contributed by atoms with van der Waals surface area (Å²) in [5.74, 6) is 0.531. The highest BCUT2D eigenvalue weighted by Gasteiger charge is 2.05. The molecular weight excluding hydrogens is 377 g/mol. The lowest BCUT2D eigenvalue weighted by molar-refractivity contribution is 0.111. The maximum absolute atomic E-state index is 11.9. The number of hydrogen-bond acceptors (Lipinski definition) is 7. The second kappa shape index (κ2) is 8.32. The van der Waals surface area contributed by atoms with Gasteiger partial charge in [0.2, 0.25) is 0 Å². The van der Waals surface area contributed by atoms with Crippen molar-refractivity contribution in [2.75, 3.05) is 18.5 Å². The molecular formula is C16H13ClFN7O2. The van der Waals surface area contributed by atoms with Gasteiger partial charge in [-0.15, -0.1) is 0 Å². The summed E-state index contributed by atoms with van der Waals surface area (Å²) < 4.78 is 14.9. The van der Waals surface area contributed by atoms with Crippen LogP contribution in [0.25, 0.3) is 11.3 Å². The lowest BCUT2D eigenvalue weighted by Gasteiger charge is -2.02. The Kier molecular flexibility index (Phi) is 5.67. The second-order valence-electron chi connectivity index (χ2n) is 5.15. The molecule has 0 aliphatic rings. The van der Waals surface area contributed by atoms with Crippen LogP contribution >= 0.6 is 11.6 Å². The number of aromatic nitrogens is 6. The van der Waals surface area contributed by atoms with Crippen LogP contribution in [0.3, 0.4) is 0 Å². The molecule has 0 saturated carbocycles. The normalized spacial score (nSPS) is 10.4. The van der Waals surface area contributed by atoms with E-state index in [0.717, 1.165) is 0 Å². The zero-order valence-corrected chi connectivity index (χ0v) is 14.5. The van der Waals surface area contributed by atoms with E-state index in [1.807, 2.05) is 0 Å². The van der Waals surface area contributed by atoms with Gasteiger partial charge >= 0.3 is 0 Å². The van der Waals surface area contributed by atoms with Gasteiger partial charge in [-0.1, -0.05) is 11.6 Å². The first-order valence-corrected chi connectivity index (χ1v) is 8.08. The van der Waals surface area contributed by atoms with E-state index >= 15 is 0 Å². The van der Waals surface area contributed by atoms with Crippen molar-refractivity contribution < 1.29 is 14.0 Å². The number of aldehydes is 2. The Labute approximate surface area is 156 Å². The van der Waals surface area contributed by atoms with Gasteiger partial charge in [-0.2, -0.15) is 10.2 Å². The molecule has 0 aliphatic heterocycles. The van der Waals surface area contributed by atoms with Crippen LogP contribution in [-0.2, 0) is 0 Å². The fraction of sp³-hybridized carbons (Fsp3) is 0.125. The molecule has 4 aromatic heterocycles. The first kappa shape index (κ1) is 18.4. The van der Waals surface area contributed by atoms with E-state index in [0.29, 0.717) is 46.0 Å². The zero-order valence-electron chi connectivity index (χ0n) is 13.8. The number of rotatable bonds is 5. The van der Waals surface area contributed by atoms with E-state index in [4.69, 9.17) is 11.6 Å². The van der Waals surface area contributed by atoms with Crippen molar-refractivity contribution in [1.82, 2.24) is 29.2 Å². The van der Waals surface area contributed by atoms with Crippen molar-refractivity contribution in [3.05, 3.63) is 53.2 Å². The van der Waals surface area contributed by atoms with Crippen molar-refractivity contribution in [2.45, 2.75) is 0 Å². The van der Waals surface area contributed by atoms with Crippen LogP contribution in [0.4, 0.5) is 10.2 Å². The maximum Gasteiger partial charge on any atom is 0.167 e. The molecule has 0 radical (unpaired) electrons. The molecule has 0 unspecified atom stereocenters. The van der Waals surface area contributed by atoms with Crippen LogP contribution < -0.4 is 5.32 Å². The minimum atomic E-state index is -0.466. The quantitative estimate of drug-likeness (QED) is 0.411. The maximum atomic E-state index is 11.9. The summed E-state index contributed by atoms with van der Waals surface area (Å²) in [4.78, 5) is 29.2. The third-order valence-corrected chi connectivity index (χ3v) is 3.62. The smallest absolute Gasteiger partial charge is 0.167 e. The molecule has 0 bridgehead atoms. The Morgan fingerprint density at radius 1 is 1.00 bits per heavy atom. The molecule has 11 heteroatoms. The van der Waals surface area contributed by atoms with Gasteiger partial charge in [0, 0.05) is 18.9 Å². The first-order valence-electron chi connectivity index (χ1n) is 7.70.